The lowest BCUT2D eigenvalue weighted by atomic mass is 9.81. The van der Waals surface area contributed by atoms with Crippen molar-refractivity contribution in [1.29, 1.82) is 0 Å². The van der Waals surface area contributed by atoms with Gasteiger partial charge in [-0.05, 0) is 105 Å². The second-order valence-electron chi connectivity index (χ2n) is 13.6. The van der Waals surface area contributed by atoms with Crippen LogP contribution >= 0.6 is 0 Å². The normalized spacial score (nSPS) is 12.2. The summed E-state index contributed by atoms with van der Waals surface area (Å²) in [6.45, 7) is 4.55. The smallest absolute Gasteiger partial charge is 0.00139 e. The van der Waals surface area contributed by atoms with Crippen LogP contribution in [0.3, 0.4) is 0 Å². The van der Waals surface area contributed by atoms with Crippen molar-refractivity contribution < 1.29 is 0 Å². The van der Waals surface area contributed by atoms with E-state index in [0.717, 1.165) is 6.42 Å². The molecule has 0 nitrogen and oxygen atoms in total. The van der Waals surface area contributed by atoms with Gasteiger partial charge in [-0.3, -0.25) is 0 Å². The minimum atomic E-state index is 0.578. The molecule has 1 atom stereocenters. The fourth-order valence-corrected chi connectivity index (χ4v) is 8.09. The molecule has 0 aliphatic rings. The van der Waals surface area contributed by atoms with Gasteiger partial charge in [0.15, 0.2) is 0 Å². The molecule has 9 aromatic carbocycles. The molecular formula is C50H38. The molecule has 238 valence electrons. The summed E-state index contributed by atoms with van der Waals surface area (Å²) in [6.07, 6.45) is 1.15. The monoisotopic (exact) mass is 638 g/mol. The molecule has 1 unspecified atom stereocenters. The van der Waals surface area contributed by atoms with E-state index in [9.17, 15) is 0 Å². The Morgan fingerprint density at radius 1 is 0.300 bits per heavy atom. The highest BCUT2D eigenvalue weighted by atomic mass is 14.2. The zero-order chi connectivity index (χ0) is 33.6. The molecule has 0 fully saturated rings. The predicted octanol–water partition coefficient (Wildman–Crippen LogP) is 14.5. The molecule has 0 heteroatoms. The van der Waals surface area contributed by atoms with Crippen molar-refractivity contribution >= 4 is 43.1 Å². The first-order valence-corrected chi connectivity index (χ1v) is 17.8. The maximum Gasteiger partial charge on any atom is -0.00139 e. The van der Waals surface area contributed by atoms with Crippen LogP contribution in [0.4, 0.5) is 0 Å². The van der Waals surface area contributed by atoms with Crippen LogP contribution in [0.5, 0.6) is 0 Å². The zero-order valence-electron chi connectivity index (χ0n) is 28.5. The van der Waals surface area contributed by atoms with Gasteiger partial charge in [-0.25, -0.2) is 0 Å². The quantitative estimate of drug-likeness (QED) is 0.159. The van der Waals surface area contributed by atoms with Gasteiger partial charge in [-0.1, -0.05) is 190 Å². The topological polar surface area (TPSA) is 0 Å². The van der Waals surface area contributed by atoms with Crippen molar-refractivity contribution in [2.45, 2.75) is 26.2 Å². The molecule has 0 heterocycles. The van der Waals surface area contributed by atoms with E-state index >= 15 is 0 Å². The van der Waals surface area contributed by atoms with Crippen LogP contribution in [-0.4, -0.2) is 0 Å². The first-order valence-electron chi connectivity index (χ1n) is 17.8. The van der Waals surface area contributed by atoms with Gasteiger partial charge in [0.25, 0.3) is 0 Å². The Morgan fingerprint density at radius 3 is 0.940 bits per heavy atom. The summed E-state index contributed by atoms with van der Waals surface area (Å²) in [7, 11) is 0. The third-order valence-electron chi connectivity index (χ3n) is 10.8. The molecule has 0 bridgehead atoms. The van der Waals surface area contributed by atoms with E-state index < -0.39 is 0 Å². The van der Waals surface area contributed by atoms with Crippen LogP contribution < -0.4 is 0 Å². The molecule has 0 aromatic heterocycles. The third kappa shape index (κ3) is 4.91. The molecule has 0 saturated heterocycles. The van der Waals surface area contributed by atoms with Crippen LogP contribution in [0.15, 0.2) is 176 Å². The molecule has 50 heavy (non-hydrogen) atoms. The van der Waals surface area contributed by atoms with E-state index in [1.54, 1.807) is 0 Å². The fraction of sp³-hybridized carbons (Fsp3) is 0.0800. The first-order chi connectivity index (χ1) is 24.7. The van der Waals surface area contributed by atoms with Crippen molar-refractivity contribution in [2.75, 3.05) is 0 Å². The maximum absolute atomic E-state index is 2.32. The Kier molecular flexibility index (Phi) is 7.51. The Bertz CT molecular complexity index is 2550. The van der Waals surface area contributed by atoms with E-state index in [4.69, 9.17) is 0 Å². The lowest BCUT2D eigenvalue weighted by molar-refractivity contribution is 0.734. The van der Waals surface area contributed by atoms with Crippen molar-refractivity contribution in [3.8, 4) is 44.5 Å². The summed E-state index contributed by atoms with van der Waals surface area (Å²) in [6, 6.07) is 65.1. The van der Waals surface area contributed by atoms with Gasteiger partial charge < -0.3 is 0 Å². The number of rotatable bonds is 6. The van der Waals surface area contributed by atoms with Gasteiger partial charge in [0.05, 0.1) is 0 Å². The van der Waals surface area contributed by atoms with E-state index in [-0.39, 0.29) is 0 Å². The van der Waals surface area contributed by atoms with Gasteiger partial charge in [0.1, 0.15) is 0 Å². The third-order valence-corrected chi connectivity index (χ3v) is 10.8. The average Bonchev–Trinajstić information content (AvgIpc) is 3.19. The number of benzene rings is 9. The molecule has 0 saturated carbocycles. The molecule has 0 spiro atoms. The fourth-order valence-electron chi connectivity index (χ4n) is 8.09. The summed E-state index contributed by atoms with van der Waals surface area (Å²) < 4.78 is 0. The number of fused-ring (bicyclic) bond motifs is 4. The molecule has 9 aromatic rings. The SMILES string of the molecule is CCC(C)c1ccc(-c2ccc(-c3c4ccccc4c(-c4c5ccccc5c(-c5ccccc5)c5ccccc45)c4ccccc34)cc2)cc1. The van der Waals surface area contributed by atoms with E-state index in [1.807, 2.05) is 0 Å². The average molecular weight is 639 g/mol. The minimum absolute atomic E-state index is 0.578. The Hall–Kier alpha value is -5.98. The Morgan fingerprint density at radius 2 is 0.580 bits per heavy atom. The highest BCUT2D eigenvalue weighted by molar-refractivity contribution is 6.29. The van der Waals surface area contributed by atoms with Crippen molar-refractivity contribution in [3.63, 3.8) is 0 Å². The largest absolute Gasteiger partial charge is 0.0648 e. The summed E-state index contributed by atoms with van der Waals surface area (Å²) in [5.41, 5.74) is 11.5. The molecule has 0 amide bonds. The second kappa shape index (κ2) is 12.5. The summed E-state index contributed by atoms with van der Waals surface area (Å²) >= 11 is 0. The maximum atomic E-state index is 2.32. The molecule has 0 radical (unpaired) electrons. The van der Waals surface area contributed by atoms with Gasteiger partial charge in [0, 0.05) is 0 Å². The summed E-state index contributed by atoms with van der Waals surface area (Å²) in [5.74, 6) is 0.578. The first kappa shape index (κ1) is 30.1. The highest BCUT2D eigenvalue weighted by Crippen LogP contribution is 2.50. The van der Waals surface area contributed by atoms with Crippen molar-refractivity contribution in [1.82, 2.24) is 0 Å². The number of hydrogen-bond donors (Lipinski definition) is 0. The van der Waals surface area contributed by atoms with Gasteiger partial charge in [-0.2, -0.15) is 0 Å². The molecular weight excluding hydrogens is 601 g/mol. The van der Waals surface area contributed by atoms with E-state index in [2.05, 4.69) is 190 Å². The molecule has 0 aliphatic carbocycles. The van der Waals surface area contributed by atoms with Crippen LogP contribution in [0, 0.1) is 0 Å². The number of hydrogen-bond acceptors (Lipinski definition) is 0. The standard InChI is InChI=1S/C50H38/c1-3-33(2)34-25-27-35(28-26-34)36-29-31-38(32-30-36)48-41-19-9-13-23-45(41)50(46-24-14-10-20-42(46)48)49-43-21-11-7-17-39(43)47(37-15-5-4-6-16-37)40-18-8-12-22-44(40)49/h4-33H,3H2,1-2H3. The second-order valence-corrected chi connectivity index (χ2v) is 13.6. The predicted molar refractivity (Wildman–Crippen MR) is 217 cm³/mol. The minimum Gasteiger partial charge on any atom is -0.0648 e. The highest BCUT2D eigenvalue weighted by Gasteiger charge is 2.22. The van der Waals surface area contributed by atoms with Crippen molar-refractivity contribution in [3.05, 3.63) is 181 Å². The van der Waals surface area contributed by atoms with Gasteiger partial charge in [0.2, 0.25) is 0 Å². The van der Waals surface area contributed by atoms with E-state index in [1.165, 1.54) is 93.2 Å². The summed E-state index contributed by atoms with van der Waals surface area (Å²) in [4.78, 5) is 0. The lowest BCUT2D eigenvalue weighted by Gasteiger charge is -2.22. The van der Waals surface area contributed by atoms with Gasteiger partial charge >= 0.3 is 0 Å². The van der Waals surface area contributed by atoms with Crippen LogP contribution in [0.25, 0.3) is 87.6 Å². The van der Waals surface area contributed by atoms with Crippen molar-refractivity contribution in [2.24, 2.45) is 0 Å². The van der Waals surface area contributed by atoms with E-state index in [0.29, 0.717) is 5.92 Å². The van der Waals surface area contributed by atoms with Crippen LogP contribution in [-0.2, 0) is 0 Å². The molecule has 0 aliphatic heterocycles. The summed E-state index contributed by atoms with van der Waals surface area (Å²) in [5, 5.41) is 10.2. The molecule has 0 N–H and O–H groups in total. The lowest BCUT2D eigenvalue weighted by Crippen LogP contribution is -1.94. The molecule has 9 rings (SSSR count). The van der Waals surface area contributed by atoms with Crippen LogP contribution in [0.2, 0.25) is 0 Å². The zero-order valence-corrected chi connectivity index (χ0v) is 28.5. The van der Waals surface area contributed by atoms with Gasteiger partial charge in [-0.15, -0.1) is 0 Å². The van der Waals surface area contributed by atoms with Crippen LogP contribution in [0.1, 0.15) is 31.7 Å². The Labute approximate surface area is 294 Å². The Balaban J connectivity index is 1.31.